The minimum Gasteiger partial charge on any atom is -0.550 e. The summed E-state index contributed by atoms with van der Waals surface area (Å²) in [7, 11) is 0. The van der Waals surface area contributed by atoms with Gasteiger partial charge in [-0.15, -0.1) is 0 Å². The van der Waals surface area contributed by atoms with Crippen molar-refractivity contribution in [3.63, 3.8) is 0 Å². The Balaban J connectivity index is 4.13. The van der Waals surface area contributed by atoms with Crippen molar-refractivity contribution >= 4 is 11.9 Å². The summed E-state index contributed by atoms with van der Waals surface area (Å²) in [5.74, 6) is -3.45. The van der Waals surface area contributed by atoms with Crippen LogP contribution in [-0.4, -0.2) is 22.6 Å². The van der Waals surface area contributed by atoms with E-state index < -0.39 is 24.0 Å². The van der Waals surface area contributed by atoms with Gasteiger partial charge in [-0.3, -0.25) is 0 Å². The zero-order valence-corrected chi connectivity index (χ0v) is 5.29. The summed E-state index contributed by atoms with van der Waals surface area (Å²) in [5.41, 5.74) is -2.33. The van der Waals surface area contributed by atoms with E-state index in [4.69, 9.17) is 5.11 Å². The molecule has 0 spiro atoms. The third-order valence-electron chi connectivity index (χ3n) is 0.928. The number of aliphatic hydroxyl groups is 1. The van der Waals surface area contributed by atoms with Crippen molar-refractivity contribution in [3.05, 3.63) is 0 Å². The summed E-state index contributed by atoms with van der Waals surface area (Å²) in [6.45, 7) is 0.831. The van der Waals surface area contributed by atoms with E-state index >= 15 is 0 Å². The number of carbonyl (C=O) groups is 2. The van der Waals surface area contributed by atoms with E-state index in [0.29, 0.717) is 0 Å². The molecule has 0 aromatic rings. The summed E-state index contributed by atoms with van der Waals surface area (Å²) in [6, 6.07) is 0. The van der Waals surface area contributed by atoms with Crippen LogP contribution in [0.3, 0.4) is 0 Å². The average Bonchev–Trinajstić information content (AvgIpc) is 1.60. The van der Waals surface area contributed by atoms with Crippen LogP contribution in [0.2, 0.25) is 0 Å². The molecule has 0 radical (unpaired) electrons. The minimum atomic E-state index is -2.33. The highest BCUT2D eigenvalue weighted by Gasteiger charge is 2.21. The van der Waals surface area contributed by atoms with Gasteiger partial charge in [0.25, 0.3) is 0 Å². The van der Waals surface area contributed by atoms with Gasteiger partial charge in [0.05, 0.1) is 5.97 Å². The lowest BCUT2D eigenvalue weighted by Gasteiger charge is -2.24. The monoisotopic (exact) mass is 146 g/mol. The highest BCUT2D eigenvalue weighted by Crippen LogP contribution is 2.05. The van der Waals surface area contributed by atoms with Gasteiger partial charge < -0.3 is 24.9 Å². The highest BCUT2D eigenvalue weighted by molar-refractivity contribution is 5.80. The molecule has 0 unspecified atom stereocenters. The van der Waals surface area contributed by atoms with E-state index in [9.17, 15) is 19.8 Å². The van der Waals surface area contributed by atoms with E-state index in [1.807, 2.05) is 0 Å². The predicted octanol–water partition coefficient (Wildman–Crippen LogP) is -3.37. The number of aliphatic carboxylic acids is 2. The molecule has 10 heavy (non-hydrogen) atoms. The van der Waals surface area contributed by atoms with Crippen molar-refractivity contribution in [2.45, 2.75) is 18.9 Å². The second-order valence-corrected chi connectivity index (χ2v) is 2.11. The Bertz CT molecular complexity index is 159. The molecule has 58 valence electrons. The molecule has 0 aromatic carbocycles. The van der Waals surface area contributed by atoms with E-state index in [-0.39, 0.29) is 0 Å². The van der Waals surface area contributed by atoms with Crippen molar-refractivity contribution in [2.75, 3.05) is 0 Å². The molecule has 0 aliphatic carbocycles. The van der Waals surface area contributed by atoms with Crippen LogP contribution in [0.15, 0.2) is 0 Å². The molecule has 0 fully saturated rings. The van der Waals surface area contributed by atoms with Crippen LogP contribution in [0.5, 0.6) is 0 Å². The predicted molar refractivity (Wildman–Crippen MR) is 25.3 cm³/mol. The van der Waals surface area contributed by atoms with Gasteiger partial charge in [0, 0.05) is 12.4 Å². The molecule has 5 nitrogen and oxygen atoms in total. The highest BCUT2D eigenvalue weighted by atomic mass is 16.4. The van der Waals surface area contributed by atoms with E-state index in [1.165, 1.54) is 0 Å². The van der Waals surface area contributed by atoms with Crippen molar-refractivity contribution in [1.29, 1.82) is 0 Å². The molecule has 0 aromatic heterocycles. The van der Waals surface area contributed by atoms with Gasteiger partial charge in [-0.25, -0.2) is 0 Å². The van der Waals surface area contributed by atoms with Crippen LogP contribution < -0.4 is 10.2 Å². The lowest BCUT2D eigenvalue weighted by molar-refractivity contribution is -0.332. The van der Waals surface area contributed by atoms with Crippen LogP contribution in [0.1, 0.15) is 13.3 Å². The molecule has 0 amide bonds. The number of hydrogen-bond donors (Lipinski definition) is 1. The molecule has 5 heteroatoms. The van der Waals surface area contributed by atoms with Crippen molar-refractivity contribution < 1.29 is 24.9 Å². The molecule has 0 rings (SSSR count). The van der Waals surface area contributed by atoms with Gasteiger partial charge in [-0.05, 0) is 6.92 Å². The smallest absolute Gasteiger partial charge is 0.106 e. The second-order valence-electron chi connectivity index (χ2n) is 2.11. The van der Waals surface area contributed by atoms with Crippen molar-refractivity contribution in [2.24, 2.45) is 0 Å². The maximum Gasteiger partial charge on any atom is 0.106 e. The molecule has 0 aliphatic rings. The van der Waals surface area contributed by atoms with Gasteiger partial charge >= 0.3 is 0 Å². The summed E-state index contributed by atoms with van der Waals surface area (Å²) in [4.78, 5) is 19.7. The van der Waals surface area contributed by atoms with Gasteiger partial charge in [-0.1, -0.05) is 0 Å². The average molecular weight is 146 g/mol. The van der Waals surface area contributed by atoms with Gasteiger partial charge in [-0.2, -0.15) is 0 Å². The molecule has 0 aliphatic heterocycles. The number of carboxylic acids is 2. The molecular weight excluding hydrogens is 140 g/mol. The maximum absolute atomic E-state index is 9.90. The number of rotatable bonds is 3. The normalized spacial score (nSPS) is 15.8. The fourth-order valence-electron chi connectivity index (χ4n) is 0.353. The fourth-order valence-corrected chi connectivity index (χ4v) is 0.353. The lowest BCUT2D eigenvalue weighted by Crippen LogP contribution is -2.49. The van der Waals surface area contributed by atoms with Gasteiger partial charge in [0.15, 0.2) is 0 Å². The van der Waals surface area contributed by atoms with Crippen LogP contribution in [-0.2, 0) is 9.59 Å². The molecule has 0 saturated heterocycles. The quantitative estimate of drug-likeness (QED) is 0.447. The first-order valence-electron chi connectivity index (χ1n) is 2.50. The maximum atomic E-state index is 9.90. The summed E-state index contributed by atoms with van der Waals surface area (Å²) < 4.78 is 0. The molecule has 0 saturated carbocycles. The molecule has 1 N–H and O–H groups in total. The van der Waals surface area contributed by atoms with Crippen LogP contribution in [0.25, 0.3) is 0 Å². The summed E-state index contributed by atoms with van der Waals surface area (Å²) in [6.07, 6.45) is -0.963. The molecular formula is C5H6O5-2. The van der Waals surface area contributed by atoms with Crippen LogP contribution >= 0.6 is 0 Å². The first-order valence-corrected chi connectivity index (χ1v) is 2.50. The third kappa shape index (κ3) is 2.45. The SMILES string of the molecule is C[C@@](O)(CC(=O)[O-])C(=O)[O-]. The van der Waals surface area contributed by atoms with Crippen molar-refractivity contribution in [1.82, 2.24) is 0 Å². The van der Waals surface area contributed by atoms with Crippen LogP contribution in [0, 0.1) is 0 Å². The lowest BCUT2D eigenvalue weighted by atomic mass is 10.0. The Morgan fingerprint density at radius 3 is 2.00 bits per heavy atom. The third-order valence-corrected chi connectivity index (χ3v) is 0.928. The Hall–Kier alpha value is -1.10. The topological polar surface area (TPSA) is 100 Å². The largest absolute Gasteiger partial charge is 0.550 e. The number of carbonyl (C=O) groups excluding carboxylic acids is 2. The Kier molecular flexibility index (Phi) is 2.36. The summed E-state index contributed by atoms with van der Waals surface area (Å²) in [5, 5.41) is 28.3. The molecule has 0 heterocycles. The molecule has 0 bridgehead atoms. The van der Waals surface area contributed by atoms with Crippen LogP contribution in [0.4, 0.5) is 0 Å². The first-order chi connectivity index (χ1) is 4.36. The number of carboxylic acid groups (broad SMARTS) is 2. The standard InChI is InChI=1S/C5H8O5/c1-5(10,4(8)9)2-3(6)7/h10H,2H2,1H3,(H,6,7)(H,8,9)/p-2/t5-/m1/s1. The van der Waals surface area contributed by atoms with Gasteiger partial charge in [0.2, 0.25) is 0 Å². The Morgan fingerprint density at radius 2 is 1.90 bits per heavy atom. The Labute approximate surface area is 56.9 Å². The van der Waals surface area contributed by atoms with E-state index in [2.05, 4.69) is 0 Å². The Morgan fingerprint density at radius 1 is 1.50 bits per heavy atom. The summed E-state index contributed by atoms with van der Waals surface area (Å²) >= 11 is 0. The molecule has 1 atom stereocenters. The van der Waals surface area contributed by atoms with Crippen molar-refractivity contribution in [3.8, 4) is 0 Å². The minimum absolute atomic E-state index is 0.831. The fraction of sp³-hybridized carbons (Fsp3) is 0.600. The second kappa shape index (κ2) is 2.66. The zero-order valence-electron chi connectivity index (χ0n) is 5.29. The first kappa shape index (κ1) is 8.90. The van der Waals surface area contributed by atoms with E-state index in [0.717, 1.165) is 6.92 Å². The number of hydrogen-bond acceptors (Lipinski definition) is 5. The van der Waals surface area contributed by atoms with E-state index in [1.54, 1.807) is 0 Å². The van der Waals surface area contributed by atoms with Gasteiger partial charge in [0.1, 0.15) is 5.60 Å². The zero-order chi connectivity index (χ0) is 8.36.